The molecule has 5 heteroatoms. The molecule has 0 bridgehead atoms. The van der Waals surface area contributed by atoms with E-state index >= 15 is 0 Å². The van der Waals surface area contributed by atoms with Crippen molar-refractivity contribution in [3.8, 4) is 0 Å². The maximum atomic E-state index is 13.0. The quantitative estimate of drug-likeness (QED) is 0.920. The maximum absolute atomic E-state index is 13.0. The highest BCUT2D eigenvalue weighted by Crippen LogP contribution is 2.22. The Hall–Kier alpha value is -1.13. The van der Waals surface area contributed by atoms with Crippen LogP contribution in [0.4, 0.5) is 4.39 Å². The van der Waals surface area contributed by atoms with Gasteiger partial charge in [-0.25, -0.2) is 4.39 Å². The van der Waals surface area contributed by atoms with E-state index in [9.17, 15) is 9.18 Å². The average Bonchev–Trinajstić information content (AvgIpc) is 2.29. The van der Waals surface area contributed by atoms with E-state index in [1.54, 1.807) is 18.0 Å². The van der Waals surface area contributed by atoms with Gasteiger partial charge in [-0.3, -0.25) is 4.79 Å². The minimum atomic E-state index is -0.364. The van der Waals surface area contributed by atoms with Crippen molar-refractivity contribution in [2.75, 3.05) is 20.1 Å². The molecular formula is C14H18ClFN2O. The zero-order valence-corrected chi connectivity index (χ0v) is 11.9. The molecule has 0 saturated carbocycles. The Morgan fingerprint density at radius 3 is 2.79 bits per heavy atom. The van der Waals surface area contributed by atoms with Crippen LogP contribution in [0.25, 0.3) is 0 Å². The molecular weight excluding hydrogens is 267 g/mol. The van der Waals surface area contributed by atoms with E-state index in [0.717, 1.165) is 18.7 Å². The molecule has 1 amide bonds. The van der Waals surface area contributed by atoms with Gasteiger partial charge in [0.1, 0.15) is 5.82 Å². The summed E-state index contributed by atoms with van der Waals surface area (Å²) in [7, 11) is 1.75. The average molecular weight is 285 g/mol. The first-order chi connectivity index (χ1) is 8.99. The molecule has 19 heavy (non-hydrogen) atoms. The molecule has 1 saturated heterocycles. The first kappa shape index (κ1) is 14.3. The zero-order chi connectivity index (χ0) is 14.0. The molecule has 1 aliphatic rings. The zero-order valence-electron chi connectivity index (χ0n) is 11.1. The van der Waals surface area contributed by atoms with Gasteiger partial charge in [0, 0.05) is 24.5 Å². The lowest BCUT2D eigenvalue weighted by atomic mass is 9.88. The van der Waals surface area contributed by atoms with E-state index in [-0.39, 0.29) is 17.6 Å². The van der Waals surface area contributed by atoms with Crippen LogP contribution in [0.15, 0.2) is 18.2 Å². The molecule has 1 aromatic rings. The monoisotopic (exact) mass is 284 g/mol. The van der Waals surface area contributed by atoms with Crippen LogP contribution in [-0.2, 0) is 11.3 Å². The fourth-order valence-electron chi connectivity index (χ4n) is 2.20. The van der Waals surface area contributed by atoms with Gasteiger partial charge >= 0.3 is 0 Å². The second-order valence-electron chi connectivity index (χ2n) is 5.14. The number of carbonyl (C=O) groups is 1. The topological polar surface area (TPSA) is 32.3 Å². The summed E-state index contributed by atoms with van der Waals surface area (Å²) >= 11 is 5.97. The molecule has 1 unspecified atom stereocenters. The van der Waals surface area contributed by atoms with E-state index in [0.29, 0.717) is 17.5 Å². The summed E-state index contributed by atoms with van der Waals surface area (Å²) in [5.74, 6) is 0.160. The van der Waals surface area contributed by atoms with Crippen LogP contribution in [0.3, 0.4) is 0 Å². The molecule has 0 aromatic heterocycles. The second-order valence-corrected chi connectivity index (χ2v) is 5.54. The molecule has 3 nitrogen and oxygen atoms in total. The van der Waals surface area contributed by atoms with Gasteiger partial charge in [-0.1, -0.05) is 24.6 Å². The lowest BCUT2D eigenvalue weighted by Crippen LogP contribution is -2.49. The summed E-state index contributed by atoms with van der Waals surface area (Å²) < 4.78 is 13.0. The molecule has 0 radical (unpaired) electrons. The normalized spacial score (nSPS) is 16.8. The van der Waals surface area contributed by atoms with Crippen molar-refractivity contribution >= 4 is 17.5 Å². The van der Waals surface area contributed by atoms with Crippen LogP contribution in [0, 0.1) is 17.7 Å². The van der Waals surface area contributed by atoms with Gasteiger partial charge in [0.2, 0.25) is 5.91 Å². The molecule has 2 rings (SSSR count). The highest BCUT2D eigenvalue weighted by Gasteiger charge is 2.30. The number of carbonyl (C=O) groups excluding carboxylic acids is 1. The Labute approximate surface area is 117 Å². The van der Waals surface area contributed by atoms with Crippen molar-refractivity contribution in [2.45, 2.75) is 13.5 Å². The Bertz CT molecular complexity index is 477. The van der Waals surface area contributed by atoms with Gasteiger partial charge in [-0.05, 0) is 36.7 Å². The van der Waals surface area contributed by atoms with Crippen LogP contribution >= 0.6 is 11.6 Å². The molecule has 1 aliphatic heterocycles. The number of nitrogens with one attached hydrogen (secondary N) is 1. The lowest BCUT2D eigenvalue weighted by molar-refractivity contribution is -0.136. The maximum Gasteiger partial charge on any atom is 0.225 e. The van der Waals surface area contributed by atoms with Crippen molar-refractivity contribution in [2.24, 2.45) is 11.8 Å². The molecule has 104 valence electrons. The number of halogens is 2. The van der Waals surface area contributed by atoms with Gasteiger partial charge in [0.05, 0.1) is 0 Å². The van der Waals surface area contributed by atoms with E-state index in [1.165, 1.54) is 12.1 Å². The number of rotatable bonds is 4. The lowest BCUT2D eigenvalue weighted by Gasteiger charge is -2.34. The SMILES string of the molecule is CC(C(=O)N(C)Cc1ccc(F)cc1Cl)C1CNC1. The van der Waals surface area contributed by atoms with E-state index in [2.05, 4.69) is 5.32 Å². The predicted molar refractivity (Wildman–Crippen MR) is 73.4 cm³/mol. The third-order valence-corrected chi connectivity index (χ3v) is 4.06. The van der Waals surface area contributed by atoms with Crippen molar-refractivity contribution in [1.82, 2.24) is 10.2 Å². The van der Waals surface area contributed by atoms with Gasteiger partial charge in [0.25, 0.3) is 0 Å². The van der Waals surface area contributed by atoms with E-state index < -0.39 is 0 Å². The standard InChI is InChI=1S/C14H18ClFN2O/c1-9(11-6-17-7-11)14(19)18(2)8-10-3-4-12(16)5-13(10)15/h3-5,9,11,17H,6-8H2,1-2H3. The number of hydrogen-bond donors (Lipinski definition) is 1. The highest BCUT2D eigenvalue weighted by atomic mass is 35.5. The van der Waals surface area contributed by atoms with Crippen molar-refractivity contribution in [1.29, 1.82) is 0 Å². The highest BCUT2D eigenvalue weighted by molar-refractivity contribution is 6.31. The van der Waals surface area contributed by atoms with Gasteiger partial charge in [0.15, 0.2) is 0 Å². The minimum Gasteiger partial charge on any atom is -0.341 e. The van der Waals surface area contributed by atoms with Gasteiger partial charge in [-0.15, -0.1) is 0 Å². The fraction of sp³-hybridized carbons (Fsp3) is 0.500. The first-order valence-corrected chi connectivity index (χ1v) is 6.76. The molecule has 1 atom stereocenters. The first-order valence-electron chi connectivity index (χ1n) is 6.38. The third kappa shape index (κ3) is 3.25. The molecule has 0 spiro atoms. The van der Waals surface area contributed by atoms with Crippen LogP contribution in [0.2, 0.25) is 5.02 Å². The molecule has 1 aromatic carbocycles. The number of nitrogens with zero attached hydrogens (tertiary/aromatic N) is 1. The van der Waals surface area contributed by atoms with Crippen molar-refractivity contribution in [3.05, 3.63) is 34.6 Å². The second kappa shape index (κ2) is 5.88. The van der Waals surface area contributed by atoms with Crippen LogP contribution in [-0.4, -0.2) is 30.9 Å². The summed E-state index contributed by atoms with van der Waals surface area (Å²) in [5.41, 5.74) is 0.762. The summed E-state index contributed by atoms with van der Waals surface area (Å²) in [6, 6.07) is 4.25. The summed E-state index contributed by atoms with van der Waals surface area (Å²) in [5, 5.41) is 3.53. The summed E-state index contributed by atoms with van der Waals surface area (Å²) in [6.45, 7) is 4.16. The predicted octanol–water partition coefficient (Wildman–Crippen LogP) is 2.29. The van der Waals surface area contributed by atoms with Crippen molar-refractivity contribution < 1.29 is 9.18 Å². The third-order valence-electron chi connectivity index (χ3n) is 3.71. The van der Waals surface area contributed by atoms with Gasteiger partial charge < -0.3 is 10.2 Å². The number of amides is 1. The van der Waals surface area contributed by atoms with Gasteiger partial charge in [-0.2, -0.15) is 0 Å². The largest absolute Gasteiger partial charge is 0.341 e. The molecule has 1 heterocycles. The Kier molecular flexibility index (Phi) is 4.42. The van der Waals surface area contributed by atoms with Crippen LogP contribution < -0.4 is 5.32 Å². The molecule has 1 fully saturated rings. The van der Waals surface area contributed by atoms with Crippen molar-refractivity contribution in [3.63, 3.8) is 0 Å². The Balaban J connectivity index is 1.99. The fourth-order valence-corrected chi connectivity index (χ4v) is 2.42. The Morgan fingerprint density at radius 1 is 1.58 bits per heavy atom. The number of benzene rings is 1. The molecule has 1 N–H and O–H groups in total. The van der Waals surface area contributed by atoms with Crippen LogP contribution in [0.1, 0.15) is 12.5 Å². The summed E-state index contributed by atoms with van der Waals surface area (Å²) in [6.07, 6.45) is 0. The molecule has 0 aliphatic carbocycles. The minimum absolute atomic E-state index is 0.00507. The van der Waals surface area contributed by atoms with Crippen LogP contribution in [0.5, 0.6) is 0 Å². The Morgan fingerprint density at radius 2 is 2.26 bits per heavy atom. The van der Waals surface area contributed by atoms with E-state index in [1.807, 2.05) is 6.92 Å². The smallest absolute Gasteiger partial charge is 0.225 e. The van der Waals surface area contributed by atoms with E-state index in [4.69, 9.17) is 11.6 Å². The summed E-state index contributed by atoms with van der Waals surface area (Å²) in [4.78, 5) is 13.9. The number of hydrogen-bond acceptors (Lipinski definition) is 2.